The second-order valence-electron chi connectivity index (χ2n) is 6.52. The fourth-order valence-electron chi connectivity index (χ4n) is 2.79. The van der Waals surface area contributed by atoms with Gasteiger partial charge in [0.15, 0.2) is 11.6 Å². The molecule has 1 saturated carbocycles. The number of hydrogen-bond donors (Lipinski definition) is 2. The highest BCUT2D eigenvalue weighted by Crippen LogP contribution is 2.46. The Labute approximate surface area is 155 Å². The molecule has 1 fully saturated rings. The van der Waals surface area contributed by atoms with Gasteiger partial charge in [-0.25, -0.2) is 8.78 Å². The first-order valence-electron chi connectivity index (χ1n) is 8.62. The number of carbonyl (C=O) groups is 2. The van der Waals surface area contributed by atoms with E-state index < -0.39 is 23.0 Å². The quantitative estimate of drug-likeness (QED) is 0.732. The lowest BCUT2D eigenvalue weighted by Crippen LogP contribution is -2.40. The second-order valence-corrected chi connectivity index (χ2v) is 6.52. The first-order chi connectivity index (χ1) is 12.9. The summed E-state index contributed by atoms with van der Waals surface area (Å²) in [5.41, 5.74) is 0.0218. The van der Waals surface area contributed by atoms with E-state index in [2.05, 4.69) is 10.6 Å². The highest BCUT2D eigenvalue weighted by atomic mass is 19.2. The number of carbonyl (C=O) groups excluding carboxylic acids is 2. The minimum Gasteiger partial charge on any atom is -0.497 e. The van der Waals surface area contributed by atoms with Gasteiger partial charge in [0.25, 0.3) is 0 Å². The summed E-state index contributed by atoms with van der Waals surface area (Å²) >= 11 is 0. The average molecular weight is 374 g/mol. The summed E-state index contributed by atoms with van der Waals surface area (Å²) in [6.07, 6.45) is 1.48. The summed E-state index contributed by atoms with van der Waals surface area (Å²) < 4.78 is 31.3. The van der Waals surface area contributed by atoms with Crippen LogP contribution in [0.2, 0.25) is 0 Å². The number of nitrogens with one attached hydrogen (secondary N) is 2. The van der Waals surface area contributed by atoms with Gasteiger partial charge in [0.05, 0.1) is 7.11 Å². The number of benzene rings is 2. The maximum absolute atomic E-state index is 13.3. The summed E-state index contributed by atoms with van der Waals surface area (Å²) in [6.45, 7) is 0.394. The Kier molecular flexibility index (Phi) is 5.39. The van der Waals surface area contributed by atoms with Crippen LogP contribution in [-0.2, 0) is 16.0 Å². The van der Waals surface area contributed by atoms with Gasteiger partial charge in [-0.15, -0.1) is 0 Å². The lowest BCUT2D eigenvalue weighted by atomic mass is 10.0. The molecular weight excluding hydrogens is 354 g/mol. The van der Waals surface area contributed by atoms with Crippen molar-refractivity contribution in [2.75, 3.05) is 19.0 Å². The van der Waals surface area contributed by atoms with Gasteiger partial charge in [-0.3, -0.25) is 9.59 Å². The first kappa shape index (κ1) is 18.8. The molecule has 5 nitrogen and oxygen atoms in total. The summed E-state index contributed by atoms with van der Waals surface area (Å²) in [6, 6.07) is 10.6. The van der Waals surface area contributed by atoms with E-state index in [1.165, 1.54) is 6.07 Å². The minimum atomic E-state index is -1.13. The van der Waals surface area contributed by atoms with Crippen molar-refractivity contribution >= 4 is 17.5 Å². The van der Waals surface area contributed by atoms with Crippen LogP contribution in [0.5, 0.6) is 5.75 Å². The lowest BCUT2D eigenvalue weighted by molar-refractivity contribution is -0.134. The monoisotopic (exact) mass is 374 g/mol. The molecule has 2 aromatic carbocycles. The summed E-state index contributed by atoms with van der Waals surface area (Å²) in [7, 11) is 1.59. The molecule has 142 valence electrons. The summed E-state index contributed by atoms with van der Waals surface area (Å²) in [5, 5.41) is 5.28. The SMILES string of the molecule is COc1ccc(CCNC(=O)C2(C(=O)Nc3ccc(F)c(F)c3)CC2)cc1. The fraction of sp³-hybridized carbons (Fsp3) is 0.300. The Hall–Kier alpha value is -2.96. The molecule has 0 bridgehead atoms. The highest BCUT2D eigenvalue weighted by Gasteiger charge is 2.56. The van der Waals surface area contributed by atoms with E-state index in [-0.39, 0.29) is 11.6 Å². The smallest absolute Gasteiger partial charge is 0.240 e. The molecule has 0 aliphatic heterocycles. The van der Waals surface area contributed by atoms with E-state index >= 15 is 0 Å². The standard InChI is InChI=1S/C20H20F2N2O3/c1-27-15-5-2-13(3-6-15)8-11-23-18(25)20(9-10-20)19(26)24-14-4-7-16(21)17(22)12-14/h2-7,12H,8-11H2,1H3,(H,23,25)(H,24,26). The zero-order valence-corrected chi connectivity index (χ0v) is 14.9. The van der Waals surface area contributed by atoms with Crippen LogP contribution in [0.1, 0.15) is 18.4 Å². The van der Waals surface area contributed by atoms with Crippen LogP contribution in [0.3, 0.4) is 0 Å². The molecule has 2 amide bonds. The number of hydrogen-bond acceptors (Lipinski definition) is 3. The zero-order chi connectivity index (χ0) is 19.4. The van der Waals surface area contributed by atoms with E-state index in [1.807, 2.05) is 24.3 Å². The first-order valence-corrected chi connectivity index (χ1v) is 8.62. The molecule has 1 aliphatic rings. The van der Waals surface area contributed by atoms with E-state index in [0.717, 1.165) is 23.4 Å². The van der Waals surface area contributed by atoms with Gasteiger partial charge in [-0.2, -0.15) is 0 Å². The molecule has 2 aromatic rings. The Bertz CT molecular complexity index is 849. The number of methoxy groups -OCH3 is 1. The van der Waals surface area contributed by atoms with Crippen molar-refractivity contribution in [3.63, 3.8) is 0 Å². The van der Waals surface area contributed by atoms with Crippen LogP contribution >= 0.6 is 0 Å². The lowest BCUT2D eigenvalue weighted by Gasteiger charge is -2.15. The molecule has 3 rings (SSSR count). The summed E-state index contributed by atoms with van der Waals surface area (Å²) in [4.78, 5) is 24.9. The van der Waals surface area contributed by atoms with Crippen LogP contribution in [0, 0.1) is 17.0 Å². The van der Waals surface area contributed by atoms with Gasteiger partial charge >= 0.3 is 0 Å². The molecule has 27 heavy (non-hydrogen) atoms. The molecule has 7 heteroatoms. The largest absolute Gasteiger partial charge is 0.497 e. The van der Waals surface area contributed by atoms with Gasteiger partial charge in [0.2, 0.25) is 11.8 Å². The number of rotatable bonds is 7. The zero-order valence-electron chi connectivity index (χ0n) is 14.9. The molecule has 2 N–H and O–H groups in total. The maximum atomic E-state index is 13.3. The Morgan fingerprint density at radius 1 is 1.04 bits per heavy atom. The highest BCUT2D eigenvalue weighted by molar-refractivity contribution is 6.13. The average Bonchev–Trinajstić information content (AvgIpc) is 3.47. The van der Waals surface area contributed by atoms with Gasteiger partial charge < -0.3 is 15.4 Å². The molecule has 0 spiro atoms. The number of ether oxygens (including phenoxy) is 1. The molecule has 1 aliphatic carbocycles. The predicted octanol–water partition coefficient (Wildman–Crippen LogP) is 3.05. The van der Waals surface area contributed by atoms with Crippen molar-refractivity contribution < 1.29 is 23.1 Å². The molecule has 0 saturated heterocycles. The van der Waals surface area contributed by atoms with Crippen LogP contribution in [0.25, 0.3) is 0 Å². The fourth-order valence-corrected chi connectivity index (χ4v) is 2.79. The molecule has 0 atom stereocenters. The van der Waals surface area contributed by atoms with Crippen molar-refractivity contribution in [3.05, 3.63) is 59.7 Å². The molecule has 0 radical (unpaired) electrons. The van der Waals surface area contributed by atoms with Crippen LogP contribution < -0.4 is 15.4 Å². The molecule has 0 heterocycles. The second kappa shape index (κ2) is 7.73. The third-order valence-corrected chi connectivity index (χ3v) is 4.66. The Balaban J connectivity index is 1.53. The topological polar surface area (TPSA) is 67.4 Å². The van der Waals surface area contributed by atoms with E-state index in [0.29, 0.717) is 25.8 Å². The predicted molar refractivity (Wildman–Crippen MR) is 96.4 cm³/mol. The van der Waals surface area contributed by atoms with Crippen molar-refractivity contribution in [3.8, 4) is 5.75 Å². The van der Waals surface area contributed by atoms with Crippen molar-refractivity contribution in [2.45, 2.75) is 19.3 Å². The van der Waals surface area contributed by atoms with Gasteiger partial charge in [0, 0.05) is 18.3 Å². The third-order valence-electron chi connectivity index (χ3n) is 4.66. The van der Waals surface area contributed by atoms with Crippen LogP contribution in [0.15, 0.2) is 42.5 Å². The number of halogens is 2. The van der Waals surface area contributed by atoms with Crippen LogP contribution in [-0.4, -0.2) is 25.5 Å². The molecular formula is C20H20F2N2O3. The minimum absolute atomic E-state index is 0.121. The van der Waals surface area contributed by atoms with Crippen molar-refractivity contribution in [1.82, 2.24) is 5.32 Å². The number of anilines is 1. The van der Waals surface area contributed by atoms with Crippen molar-refractivity contribution in [1.29, 1.82) is 0 Å². The number of amides is 2. The Morgan fingerprint density at radius 3 is 2.33 bits per heavy atom. The van der Waals surface area contributed by atoms with Crippen molar-refractivity contribution in [2.24, 2.45) is 5.41 Å². The van der Waals surface area contributed by atoms with Gasteiger partial charge in [-0.05, 0) is 49.1 Å². The van der Waals surface area contributed by atoms with E-state index in [1.54, 1.807) is 7.11 Å². The van der Waals surface area contributed by atoms with Crippen LogP contribution in [0.4, 0.5) is 14.5 Å². The maximum Gasteiger partial charge on any atom is 0.240 e. The van der Waals surface area contributed by atoms with Gasteiger partial charge in [-0.1, -0.05) is 12.1 Å². The third kappa shape index (κ3) is 4.24. The molecule has 0 aromatic heterocycles. The molecule has 0 unspecified atom stereocenters. The summed E-state index contributed by atoms with van der Waals surface area (Å²) in [5.74, 6) is -2.15. The normalized spacial score (nSPS) is 14.3. The van der Waals surface area contributed by atoms with Gasteiger partial charge in [0.1, 0.15) is 11.2 Å². The van der Waals surface area contributed by atoms with E-state index in [9.17, 15) is 18.4 Å². The van der Waals surface area contributed by atoms with E-state index in [4.69, 9.17) is 4.74 Å². The Morgan fingerprint density at radius 2 is 1.74 bits per heavy atom.